The molecule has 3 N–H and O–H groups in total. The Bertz CT molecular complexity index is 411. The van der Waals surface area contributed by atoms with Gasteiger partial charge in [0.1, 0.15) is 0 Å². The van der Waals surface area contributed by atoms with Crippen molar-refractivity contribution in [3.63, 3.8) is 0 Å². The Hall–Kier alpha value is -1.59. The predicted molar refractivity (Wildman–Crippen MR) is 85.1 cm³/mol. The van der Waals surface area contributed by atoms with Gasteiger partial charge in [0.15, 0.2) is 0 Å². The first-order valence-electron chi connectivity index (χ1n) is 7.42. The second-order valence-corrected chi connectivity index (χ2v) is 5.52. The van der Waals surface area contributed by atoms with Crippen LogP contribution >= 0.6 is 0 Å². The normalized spacial score (nSPS) is 13.8. The minimum absolute atomic E-state index is 0.0210. The van der Waals surface area contributed by atoms with Crippen molar-refractivity contribution in [2.45, 2.75) is 38.9 Å². The lowest BCUT2D eigenvalue weighted by Gasteiger charge is -2.25. The second-order valence-electron chi connectivity index (χ2n) is 5.52. The van der Waals surface area contributed by atoms with Gasteiger partial charge < -0.3 is 15.7 Å². The standard InChI is InChI=1S/C16H27N3O2/c1-13(9-10-20)18-16(21)17-11-14(2)19(3)12-15-7-5-4-6-8-15/h4-8,13-14,20H,9-12H2,1-3H3,(H2,17,18,21)/t13-,14?/m1/s1. The van der Waals surface area contributed by atoms with Crippen LogP contribution in [0.25, 0.3) is 0 Å². The molecule has 0 aliphatic heterocycles. The number of carbonyl (C=O) groups excluding carboxylic acids is 1. The molecule has 0 saturated carbocycles. The molecule has 118 valence electrons. The number of amides is 2. The molecule has 2 amide bonds. The molecule has 0 aliphatic carbocycles. The van der Waals surface area contributed by atoms with E-state index in [1.165, 1.54) is 5.56 Å². The molecule has 2 atom stereocenters. The van der Waals surface area contributed by atoms with E-state index in [4.69, 9.17) is 5.11 Å². The number of hydrogen-bond donors (Lipinski definition) is 3. The van der Waals surface area contributed by atoms with Crippen LogP contribution in [-0.2, 0) is 6.54 Å². The Balaban J connectivity index is 2.29. The number of aliphatic hydroxyl groups is 1. The summed E-state index contributed by atoms with van der Waals surface area (Å²) in [5.74, 6) is 0. The average molecular weight is 293 g/mol. The van der Waals surface area contributed by atoms with Crippen LogP contribution in [0.1, 0.15) is 25.8 Å². The van der Waals surface area contributed by atoms with Gasteiger partial charge in [0, 0.05) is 31.8 Å². The van der Waals surface area contributed by atoms with Crippen LogP contribution in [0.5, 0.6) is 0 Å². The molecule has 0 aliphatic rings. The van der Waals surface area contributed by atoms with Crippen LogP contribution in [0.3, 0.4) is 0 Å². The minimum Gasteiger partial charge on any atom is -0.396 e. The molecule has 5 nitrogen and oxygen atoms in total. The number of nitrogens with zero attached hydrogens (tertiary/aromatic N) is 1. The average Bonchev–Trinajstić information content (AvgIpc) is 2.46. The molecular formula is C16H27N3O2. The van der Waals surface area contributed by atoms with Gasteiger partial charge in [0.05, 0.1) is 0 Å². The van der Waals surface area contributed by atoms with E-state index in [1.807, 2.05) is 32.2 Å². The van der Waals surface area contributed by atoms with E-state index in [1.54, 1.807) is 0 Å². The van der Waals surface area contributed by atoms with Crippen molar-refractivity contribution in [1.82, 2.24) is 15.5 Å². The highest BCUT2D eigenvalue weighted by molar-refractivity contribution is 5.74. The van der Waals surface area contributed by atoms with Crippen LogP contribution < -0.4 is 10.6 Å². The zero-order valence-corrected chi connectivity index (χ0v) is 13.2. The van der Waals surface area contributed by atoms with Crippen LogP contribution in [0.2, 0.25) is 0 Å². The summed E-state index contributed by atoms with van der Waals surface area (Å²) in [7, 11) is 2.05. The van der Waals surface area contributed by atoms with E-state index in [-0.39, 0.29) is 24.7 Å². The first-order chi connectivity index (χ1) is 10.0. The fourth-order valence-corrected chi connectivity index (χ4v) is 1.96. The van der Waals surface area contributed by atoms with Gasteiger partial charge in [-0.1, -0.05) is 30.3 Å². The Morgan fingerprint density at radius 3 is 2.57 bits per heavy atom. The van der Waals surface area contributed by atoms with Crippen molar-refractivity contribution >= 4 is 6.03 Å². The van der Waals surface area contributed by atoms with E-state index in [0.717, 1.165) is 6.54 Å². The molecule has 0 saturated heterocycles. The minimum atomic E-state index is -0.184. The second kappa shape index (κ2) is 9.37. The van der Waals surface area contributed by atoms with Gasteiger partial charge in [0.2, 0.25) is 0 Å². The number of benzene rings is 1. The summed E-state index contributed by atoms with van der Waals surface area (Å²) in [6.45, 7) is 5.48. The third-order valence-electron chi connectivity index (χ3n) is 3.52. The van der Waals surface area contributed by atoms with Crippen LogP contribution in [-0.4, -0.2) is 48.3 Å². The zero-order chi connectivity index (χ0) is 15.7. The van der Waals surface area contributed by atoms with Gasteiger partial charge in [-0.2, -0.15) is 0 Å². The molecule has 0 aromatic heterocycles. The molecule has 5 heteroatoms. The highest BCUT2D eigenvalue weighted by Gasteiger charge is 2.12. The zero-order valence-electron chi connectivity index (χ0n) is 13.2. The molecule has 21 heavy (non-hydrogen) atoms. The topological polar surface area (TPSA) is 64.6 Å². The molecule has 1 aromatic rings. The Morgan fingerprint density at radius 2 is 1.95 bits per heavy atom. The van der Waals surface area contributed by atoms with Gasteiger partial charge >= 0.3 is 6.03 Å². The van der Waals surface area contributed by atoms with Gasteiger partial charge in [-0.05, 0) is 32.9 Å². The lowest BCUT2D eigenvalue weighted by atomic mass is 10.2. The van der Waals surface area contributed by atoms with Crippen molar-refractivity contribution in [1.29, 1.82) is 0 Å². The number of urea groups is 1. The van der Waals surface area contributed by atoms with Crippen molar-refractivity contribution in [2.75, 3.05) is 20.2 Å². The van der Waals surface area contributed by atoms with E-state index in [0.29, 0.717) is 13.0 Å². The number of rotatable bonds is 8. The lowest BCUT2D eigenvalue weighted by Crippen LogP contribution is -2.46. The van der Waals surface area contributed by atoms with E-state index >= 15 is 0 Å². The predicted octanol–water partition coefficient (Wildman–Crippen LogP) is 1.58. The van der Waals surface area contributed by atoms with E-state index in [9.17, 15) is 4.79 Å². The maximum absolute atomic E-state index is 11.7. The fourth-order valence-electron chi connectivity index (χ4n) is 1.96. The van der Waals surface area contributed by atoms with Crippen LogP contribution in [0, 0.1) is 0 Å². The molecule has 0 fully saturated rings. The van der Waals surface area contributed by atoms with Crippen molar-refractivity contribution < 1.29 is 9.90 Å². The van der Waals surface area contributed by atoms with Crippen LogP contribution in [0.15, 0.2) is 30.3 Å². The first kappa shape index (κ1) is 17.5. The number of carbonyl (C=O) groups is 1. The smallest absolute Gasteiger partial charge is 0.315 e. The molecule has 0 radical (unpaired) electrons. The van der Waals surface area contributed by atoms with Gasteiger partial charge in [0.25, 0.3) is 0 Å². The Morgan fingerprint density at radius 1 is 1.29 bits per heavy atom. The Kier molecular flexibility index (Phi) is 7.79. The molecular weight excluding hydrogens is 266 g/mol. The fraction of sp³-hybridized carbons (Fsp3) is 0.562. The first-order valence-corrected chi connectivity index (χ1v) is 7.42. The highest BCUT2D eigenvalue weighted by Crippen LogP contribution is 2.05. The van der Waals surface area contributed by atoms with Gasteiger partial charge in [-0.3, -0.25) is 4.90 Å². The molecule has 0 bridgehead atoms. The maximum atomic E-state index is 11.7. The number of hydrogen-bond acceptors (Lipinski definition) is 3. The summed E-state index contributed by atoms with van der Waals surface area (Å²) in [6, 6.07) is 10.3. The molecule has 1 rings (SSSR count). The molecule has 1 aromatic carbocycles. The third kappa shape index (κ3) is 7.11. The highest BCUT2D eigenvalue weighted by atomic mass is 16.3. The molecule has 1 unspecified atom stereocenters. The maximum Gasteiger partial charge on any atom is 0.315 e. The summed E-state index contributed by atoms with van der Waals surface area (Å²) in [5.41, 5.74) is 1.26. The quantitative estimate of drug-likeness (QED) is 0.682. The number of aliphatic hydroxyl groups excluding tert-OH is 1. The Labute approximate surface area is 127 Å². The number of nitrogens with one attached hydrogen (secondary N) is 2. The summed E-state index contributed by atoms with van der Waals surface area (Å²) in [6.07, 6.45) is 0.566. The summed E-state index contributed by atoms with van der Waals surface area (Å²) in [5, 5.41) is 14.5. The van der Waals surface area contributed by atoms with E-state index in [2.05, 4.69) is 34.6 Å². The van der Waals surface area contributed by atoms with Crippen molar-refractivity contribution in [3.05, 3.63) is 35.9 Å². The summed E-state index contributed by atoms with van der Waals surface area (Å²) >= 11 is 0. The van der Waals surface area contributed by atoms with Crippen molar-refractivity contribution in [3.8, 4) is 0 Å². The summed E-state index contributed by atoms with van der Waals surface area (Å²) in [4.78, 5) is 13.9. The van der Waals surface area contributed by atoms with Gasteiger partial charge in [-0.15, -0.1) is 0 Å². The van der Waals surface area contributed by atoms with Crippen molar-refractivity contribution in [2.24, 2.45) is 0 Å². The monoisotopic (exact) mass is 293 g/mol. The lowest BCUT2D eigenvalue weighted by molar-refractivity contribution is 0.217. The third-order valence-corrected chi connectivity index (χ3v) is 3.52. The van der Waals surface area contributed by atoms with Gasteiger partial charge in [-0.25, -0.2) is 4.79 Å². The molecule has 0 heterocycles. The number of likely N-dealkylation sites (N-methyl/N-ethyl adjacent to an activating group) is 1. The molecule has 0 spiro atoms. The summed E-state index contributed by atoms with van der Waals surface area (Å²) < 4.78 is 0. The van der Waals surface area contributed by atoms with Crippen LogP contribution in [0.4, 0.5) is 4.79 Å². The largest absolute Gasteiger partial charge is 0.396 e. The van der Waals surface area contributed by atoms with E-state index < -0.39 is 0 Å². The SMILES string of the molecule is CC(CNC(=O)N[C@H](C)CCO)N(C)Cc1ccccc1.